The highest BCUT2D eigenvalue weighted by Gasteiger charge is 2.17. The van der Waals surface area contributed by atoms with Gasteiger partial charge in [-0.25, -0.2) is 4.98 Å². The number of pyridine rings is 1. The minimum absolute atomic E-state index is 0.0175. The molecule has 1 aliphatic rings. The van der Waals surface area contributed by atoms with Gasteiger partial charge in [0.15, 0.2) is 0 Å². The maximum atomic E-state index is 11.9. The smallest absolute Gasteiger partial charge is 0.251 e. The van der Waals surface area contributed by atoms with Gasteiger partial charge in [0.25, 0.3) is 5.91 Å². The number of halogens is 2. The largest absolute Gasteiger partial charge is 0.343 e. The van der Waals surface area contributed by atoms with Crippen LogP contribution in [0.1, 0.15) is 29.6 Å². The molecule has 1 aromatic heterocycles. The van der Waals surface area contributed by atoms with Gasteiger partial charge in [-0.15, -0.1) is 0 Å². The SMILES string of the molecule is O=C(NCC(=O)N1CCCCC1)c1cc(Cl)nc(Cl)c1. The fraction of sp³-hybridized carbons (Fsp3) is 0.462. The van der Waals surface area contributed by atoms with E-state index in [1.165, 1.54) is 12.1 Å². The van der Waals surface area contributed by atoms with E-state index in [2.05, 4.69) is 10.3 Å². The van der Waals surface area contributed by atoms with Gasteiger partial charge < -0.3 is 10.2 Å². The number of nitrogens with one attached hydrogen (secondary N) is 1. The van der Waals surface area contributed by atoms with Crippen LogP contribution in [0.25, 0.3) is 0 Å². The number of hydrogen-bond donors (Lipinski definition) is 1. The highest BCUT2D eigenvalue weighted by atomic mass is 35.5. The van der Waals surface area contributed by atoms with Crippen LogP contribution in [0.3, 0.4) is 0 Å². The minimum Gasteiger partial charge on any atom is -0.343 e. The van der Waals surface area contributed by atoms with Crippen LogP contribution in [0.4, 0.5) is 0 Å². The van der Waals surface area contributed by atoms with Gasteiger partial charge in [0.1, 0.15) is 10.3 Å². The summed E-state index contributed by atoms with van der Waals surface area (Å²) in [5.41, 5.74) is 0.293. The number of carbonyl (C=O) groups excluding carboxylic acids is 2. The van der Waals surface area contributed by atoms with Gasteiger partial charge in [-0.1, -0.05) is 23.2 Å². The monoisotopic (exact) mass is 315 g/mol. The van der Waals surface area contributed by atoms with Gasteiger partial charge in [-0.2, -0.15) is 0 Å². The van der Waals surface area contributed by atoms with E-state index in [0.717, 1.165) is 32.4 Å². The van der Waals surface area contributed by atoms with E-state index in [4.69, 9.17) is 23.2 Å². The van der Waals surface area contributed by atoms with Crippen LogP contribution in [-0.4, -0.2) is 41.3 Å². The van der Waals surface area contributed by atoms with E-state index in [0.29, 0.717) is 5.56 Å². The number of piperidine rings is 1. The Kier molecular flexibility index (Phi) is 5.20. The average molecular weight is 316 g/mol. The third-order valence-electron chi connectivity index (χ3n) is 3.13. The first-order valence-electron chi connectivity index (χ1n) is 6.45. The summed E-state index contributed by atoms with van der Waals surface area (Å²) >= 11 is 11.5. The summed E-state index contributed by atoms with van der Waals surface area (Å²) in [6, 6.07) is 2.82. The molecule has 7 heteroatoms. The van der Waals surface area contributed by atoms with Gasteiger partial charge in [0.05, 0.1) is 6.54 Å². The van der Waals surface area contributed by atoms with E-state index < -0.39 is 0 Å². The van der Waals surface area contributed by atoms with Crippen molar-refractivity contribution in [3.63, 3.8) is 0 Å². The van der Waals surface area contributed by atoms with Crippen LogP contribution in [0.2, 0.25) is 10.3 Å². The first-order valence-corrected chi connectivity index (χ1v) is 7.21. The van der Waals surface area contributed by atoms with Gasteiger partial charge in [0.2, 0.25) is 5.91 Å². The lowest BCUT2D eigenvalue weighted by atomic mass is 10.1. The van der Waals surface area contributed by atoms with Crippen LogP contribution in [0.15, 0.2) is 12.1 Å². The van der Waals surface area contributed by atoms with E-state index >= 15 is 0 Å². The third-order valence-corrected chi connectivity index (χ3v) is 3.52. The van der Waals surface area contributed by atoms with Crippen molar-refractivity contribution in [3.05, 3.63) is 28.0 Å². The molecule has 5 nitrogen and oxygen atoms in total. The third kappa shape index (κ3) is 4.08. The van der Waals surface area contributed by atoms with Crippen molar-refractivity contribution >= 4 is 35.0 Å². The zero-order valence-corrected chi connectivity index (χ0v) is 12.4. The predicted octanol–water partition coefficient (Wildman–Crippen LogP) is 2.13. The lowest BCUT2D eigenvalue weighted by molar-refractivity contribution is -0.130. The first kappa shape index (κ1) is 15.1. The fourth-order valence-corrected chi connectivity index (χ4v) is 2.57. The lowest BCUT2D eigenvalue weighted by Gasteiger charge is -2.26. The van der Waals surface area contributed by atoms with Crippen molar-refractivity contribution in [1.82, 2.24) is 15.2 Å². The summed E-state index contributed by atoms with van der Waals surface area (Å²) in [5, 5.41) is 2.86. The zero-order valence-electron chi connectivity index (χ0n) is 10.9. The van der Waals surface area contributed by atoms with Gasteiger partial charge in [-0.05, 0) is 31.4 Å². The highest BCUT2D eigenvalue weighted by molar-refractivity contribution is 6.33. The molecule has 2 rings (SSSR count). The molecule has 108 valence electrons. The Morgan fingerprint density at radius 3 is 2.35 bits per heavy atom. The summed E-state index contributed by atoms with van der Waals surface area (Å²) < 4.78 is 0. The van der Waals surface area contributed by atoms with Crippen molar-refractivity contribution < 1.29 is 9.59 Å². The van der Waals surface area contributed by atoms with Gasteiger partial charge in [-0.3, -0.25) is 9.59 Å². The Labute approximate surface area is 127 Å². The van der Waals surface area contributed by atoms with Gasteiger partial charge >= 0.3 is 0 Å². The first-order chi connectivity index (χ1) is 9.56. The summed E-state index contributed by atoms with van der Waals surface area (Å²) in [5.74, 6) is -0.453. The maximum Gasteiger partial charge on any atom is 0.251 e. The summed E-state index contributed by atoms with van der Waals surface area (Å²) in [4.78, 5) is 29.4. The second-order valence-electron chi connectivity index (χ2n) is 4.63. The van der Waals surface area contributed by atoms with Crippen molar-refractivity contribution in [2.24, 2.45) is 0 Å². The Bertz CT molecular complexity index is 496. The van der Waals surface area contributed by atoms with Crippen LogP contribution in [-0.2, 0) is 4.79 Å². The topological polar surface area (TPSA) is 62.3 Å². The normalized spacial score (nSPS) is 15.0. The Morgan fingerprint density at radius 2 is 1.75 bits per heavy atom. The molecule has 1 aromatic rings. The number of hydrogen-bond acceptors (Lipinski definition) is 3. The summed E-state index contributed by atoms with van der Waals surface area (Å²) in [6.07, 6.45) is 3.20. The molecule has 0 saturated carbocycles. The number of likely N-dealkylation sites (tertiary alicyclic amines) is 1. The van der Waals surface area contributed by atoms with Crippen LogP contribution < -0.4 is 5.32 Å². The molecule has 2 amide bonds. The molecule has 1 N–H and O–H groups in total. The highest BCUT2D eigenvalue weighted by Crippen LogP contribution is 2.14. The molecule has 2 heterocycles. The van der Waals surface area contributed by atoms with E-state index in [9.17, 15) is 9.59 Å². The van der Waals surface area contributed by atoms with Crippen LogP contribution in [0, 0.1) is 0 Å². The summed E-state index contributed by atoms with van der Waals surface area (Å²) in [7, 11) is 0. The molecule has 0 unspecified atom stereocenters. The number of rotatable bonds is 3. The molecule has 0 bridgehead atoms. The number of carbonyl (C=O) groups is 2. The molecule has 20 heavy (non-hydrogen) atoms. The fourth-order valence-electron chi connectivity index (χ4n) is 2.11. The molecular formula is C13H15Cl2N3O2. The quantitative estimate of drug-likeness (QED) is 0.869. The molecule has 0 aromatic carbocycles. The summed E-state index contributed by atoms with van der Waals surface area (Å²) in [6.45, 7) is 1.51. The Morgan fingerprint density at radius 1 is 1.15 bits per heavy atom. The minimum atomic E-state index is -0.387. The average Bonchev–Trinajstić information content (AvgIpc) is 2.44. The standard InChI is InChI=1S/C13H15Cl2N3O2/c14-10-6-9(7-11(15)17-10)13(20)16-8-12(19)18-4-2-1-3-5-18/h6-7H,1-5,8H2,(H,16,20). The second kappa shape index (κ2) is 6.90. The predicted molar refractivity (Wildman–Crippen MR) is 77.0 cm³/mol. The molecule has 1 saturated heterocycles. The number of nitrogens with zero attached hydrogens (tertiary/aromatic N) is 2. The number of amides is 2. The maximum absolute atomic E-state index is 11.9. The molecule has 0 radical (unpaired) electrons. The molecule has 0 aliphatic carbocycles. The lowest BCUT2D eigenvalue weighted by Crippen LogP contribution is -2.42. The van der Waals surface area contributed by atoms with Crippen molar-refractivity contribution in [2.75, 3.05) is 19.6 Å². The van der Waals surface area contributed by atoms with E-state index in [1.54, 1.807) is 4.90 Å². The molecule has 0 atom stereocenters. The molecular weight excluding hydrogens is 301 g/mol. The second-order valence-corrected chi connectivity index (χ2v) is 5.40. The van der Waals surface area contributed by atoms with Crippen LogP contribution in [0.5, 0.6) is 0 Å². The van der Waals surface area contributed by atoms with Crippen LogP contribution >= 0.6 is 23.2 Å². The number of aromatic nitrogens is 1. The van der Waals surface area contributed by atoms with Crippen molar-refractivity contribution in [2.45, 2.75) is 19.3 Å². The molecule has 1 fully saturated rings. The Hall–Kier alpha value is -1.33. The Balaban J connectivity index is 1.89. The molecule has 0 spiro atoms. The molecule has 1 aliphatic heterocycles. The van der Waals surface area contributed by atoms with Crippen molar-refractivity contribution in [3.8, 4) is 0 Å². The van der Waals surface area contributed by atoms with Crippen molar-refractivity contribution in [1.29, 1.82) is 0 Å². The van der Waals surface area contributed by atoms with E-state index in [1.807, 2.05) is 0 Å². The van der Waals surface area contributed by atoms with Gasteiger partial charge in [0, 0.05) is 18.7 Å². The van der Waals surface area contributed by atoms with E-state index in [-0.39, 0.29) is 28.7 Å². The zero-order chi connectivity index (χ0) is 14.5.